The second-order valence-corrected chi connectivity index (χ2v) is 7.85. The molecule has 1 saturated heterocycles. The van der Waals surface area contributed by atoms with Crippen LogP contribution in [0.4, 0.5) is 0 Å². The van der Waals surface area contributed by atoms with Crippen molar-refractivity contribution >= 4 is 27.5 Å². The highest BCUT2D eigenvalue weighted by Gasteiger charge is 2.20. The minimum Gasteiger partial charge on any atom is -0.379 e. The Bertz CT molecular complexity index is 1310. The van der Waals surface area contributed by atoms with Crippen molar-refractivity contribution in [2.24, 2.45) is 0 Å². The molecule has 0 radical (unpaired) electrons. The topological polar surface area (TPSA) is 58.3 Å². The van der Waals surface area contributed by atoms with E-state index in [1.807, 2.05) is 48.7 Å². The summed E-state index contributed by atoms with van der Waals surface area (Å²) >= 11 is 0. The number of ether oxygens (including phenoxy) is 1. The molecule has 31 heavy (non-hydrogen) atoms. The Morgan fingerprint density at radius 1 is 0.871 bits per heavy atom. The third kappa shape index (κ3) is 3.61. The second kappa shape index (κ2) is 8.35. The number of aromatic nitrogens is 1. The molecule has 0 amide bonds. The van der Waals surface area contributed by atoms with Gasteiger partial charge < -0.3 is 9.30 Å². The van der Waals surface area contributed by atoms with E-state index in [4.69, 9.17) is 4.74 Å². The first-order valence-electron chi connectivity index (χ1n) is 10.6. The van der Waals surface area contributed by atoms with Crippen LogP contribution >= 0.6 is 0 Å². The fourth-order valence-electron chi connectivity index (χ4n) is 4.43. The summed E-state index contributed by atoms with van der Waals surface area (Å²) in [4.78, 5) is 16.1. The molecule has 2 heterocycles. The molecule has 0 bridgehead atoms. The van der Waals surface area contributed by atoms with Gasteiger partial charge in [-0.1, -0.05) is 42.5 Å². The average molecular weight is 409 g/mol. The highest BCUT2D eigenvalue weighted by molar-refractivity contribution is 6.21. The number of nitriles is 1. The molecule has 154 valence electrons. The molecule has 5 rings (SSSR count). The fourth-order valence-corrected chi connectivity index (χ4v) is 4.43. The minimum absolute atomic E-state index is 0.0120. The molecular formula is C26H23N3O2. The van der Waals surface area contributed by atoms with Crippen LogP contribution in [0, 0.1) is 11.3 Å². The first-order valence-corrected chi connectivity index (χ1v) is 10.6. The van der Waals surface area contributed by atoms with Crippen LogP contribution in [0.1, 0.15) is 21.5 Å². The first kappa shape index (κ1) is 19.5. The van der Waals surface area contributed by atoms with Gasteiger partial charge in [-0.25, -0.2) is 0 Å². The van der Waals surface area contributed by atoms with Crippen LogP contribution in [-0.4, -0.2) is 48.1 Å². The van der Waals surface area contributed by atoms with Crippen molar-refractivity contribution < 1.29 is 9.53 Å². The van der Waals surface area contributed by atoms with Gasteiger partial charge in [0.25, 0.3) is 0 Å². The summed E-state index contributed by atoms with van der Waals surface area (Å²) in [7, 11) is 0. The van der Waals surface area contributed by atoms with Crippen LogP contribution in [0.2, 0.25) is 0 Å². The molecule has 3 aromatic carbocycles. The van der Waals surface area contributed by atoms with Crippen molar-refractivity contribution in [3.05, 3.63) is 83.6 Å². The highest BCUT2D eigenvalue weighted by Crippen LogP contribution is 2.28. The van der Waals surface area contributed by atoms with Crippen LogP contribution in [-0.2, 0) is 11.3 Å². The molecule has 0 spiro atoms. The number of morpholine rings is 1. The van der Waals surface area contributed by atoms with Crippen molar-refractivity contribution in [3.63, 3.8) is 0 Å². The van der Waals surface area contributed by atoms with E-state index in [2.05, 4.69) is 21.6 Å². The van der Waals surface area contributed by atoms with E-state index in [1.54, 1.807) is 12.1 Å². The lowest BCUT2D eigenvalue weighted by Gasteiger charge is -2.26. The normalized spacial score (nSPS) is 14.7. The van der Waals surface area contributed by atoms with Gasteiger partial charge in [0.2, 0.25) is 0 Å². The Balaban J connectivity index is 1.54. The summed E-state index contributed by atoms with van der Waals surface area (Å²) < 4.78 is 7.63. The maximum atomic E-state index is 13.7. The molecule has 5 nitrogen and oxygen atoms in total. The van der Waals surface area contributed by atoms with Gasteiger partial charge in [-0.2, -0.15) is 5.26 Å². The number of carbonyl (C=O) groups excluding carboxylic acids is 1. The van der Waals surface area contributed by atoms with Crippen LogP contribution in [0.3, 0.4) is 0 Å². The zero-order valence-electron chi connectivity index (χ0n) is 17.3. The number of hydrogen-bond donors (Lipinski definition) is 0. The SMILES string of the molecule is N#Cc1ccc(C(=O)c2cn(CCN3CCOCC3)c3ccccc23)c2ccccc12. The van der Waals surface area contributed by atoms with Gasteiger partial charge in [0, 0.05) is 59.8 Å². The Morgan fingerprint density at radius 3 is 2.35 bits per heavy atom. The monoisotopic (exact) mass is 409 g/mol. The molecule has 0 atom stereocenters. The number of ketones is 1. The quantitative estimate of drug-likeness (QED) is 0.463. The molecule has 5 heteroatoms. The van der Waals surface area contributed by atoms with Crippen molar-refractivity contribution in [2.75, 3.05) is 32.8 Å². The smallest absolute Gasteiger partial charge is 0.195 e. The van der Waals surface area contributed by atoms with Gasteiger partial charge in [-0.05, 0) is 23.6 Å². The summed E-state index contributed by atoms with van der Waals surface area (Å²) in [5, 5.41) is 12.0. The minimum atomic E-state index is -0.0120. The lowest BCUT2D eigenvalue weighted by Crippen LogP contribution is -2.38. The van der Waals surface area contributed by atoms with Gasteiger partial charge in [0.15, 0.2) is 5.78 Å². The Hall–Kier alpha value is -3.46. The maximum absolute atomic E-state index is 13.7. The summed E-state index contributed by atoms with van der Waals surface area (Å²) in [6, 6.07) is 21.4. The predicted octanol–water partition coefficient (Wildman–Crippen LogP) is 4.23. The second-order valence-electron chi connectivity index (χ2n) is 7.85. The molecular weight excluding hydrogens is 386 g/mol. The first-order chi connectivity index (χ1) is 15.3. The molecule has 1 aliphatic heterocycles. The molecule has 1 fully saturated rings. The number of rotatable bonds is 5. The molecule has 0 unspecified atom stereocenters. The molecule has 0 aliphatic carbocycles. The zero-order chi connectivity index (χ0) is 21.2. The Morgan fingerprint density at radius 2 is 1.58 bits per heavy atom. The summed E-state index contributed by atoms with van der Waals surface area (Å²) in [5.41, 5.74) is 2.98. The van der Waals surface area contributed by atoms with Crippen molar-refractivity contribution in [1.82, 2.24) is 9.47 Å². The fraction of sp³-hybridized carbons (Fsp3) is 0.231. The number of benzene rings is 3. The largest absolute Gasteiger partial charge is 0.379 e. The van der Waals surface area contributed by atoms with Crippen LogP contribution < -0.4 is 0 Å². The lowest BCUT2D eigenvalue weighted by atomic mass is 9.94. The summed E-state index contributed by atoms with van der Waals surface area (Å²) in [6.07, 6.45) is 1.99. The number of fused-ring (bicyclic) bond motifs is 2. The van der Waals surface area contributed by atoms with E-state index in [9.17, 15) is 10.1 Å². The van der Waals surface area contributed by atoms with Gasteiger partial charge >= 0.3 is 0 Å². The van der Waals surface area contributed by atoms with E-state index >= 15 is 0 Å². The number of carbonyl (C=O) groups is 1. The van der Waals surface area contributed by atoms with Crippen molar-refractivity contribution in [2.45, 2.75) is 6.54 Å². The zero-order valence-corrected chi connectivity index (χ0v) is 17.3. The van der Waals surface area contributed by atoms with E-state index in [0.29, 0.717) is 16.7 Å². The maximum Gasteiger partial charge on any atom is 0.195 e. The van der Waals surface area contributed by atoms with Gasteiger partial charge in [0.1, 0.15) is 0 Å². The van der Waals surface area contributed by atoms with E-state index < -0.39 is 0 Å². The highest BCUT2D eigenvalue weighted by atomic mass is 16.5. The van der Waals surface area contributed by atoms with Gasteiger partial charge in [0.05, 0.1) is 24.8 Å². The number of para-hydroxylation sites is 1. The van der Waals surface area contributed by atoms with E-state index in [-0.39, 0.29) is 5.78 Å². The van der Waals surface area contributed by atoms with Gasteiger partial charge in [-0.3, -0.25) is 9.69 Å². The van der Waals surface area contributed by atoms with Gasteiger partial charge in [-0.15, -0.1) is 0 Å². The third-order valence-electron chi connectivity index (χ3n) is 6.08. The lowest BCUT2D eigenvalue weighted by molar-refractivity contribution is 0.0365. The van der Waals surface area contributed by atoms with Crippen LogP contribution in [0.5, 0.6) is 0 Å². The standard InChI is InChI=1S/C26H23N3O2/c27-17-19-9-10-23(21-6-2-1-5-20(19)21)26(30)24-18-29(25-8-4-3-7-22(24)25)12-11-28-13-15-31-16-14-28/h1-10,18H,11-16H2. The molecule has 4 aromatic rings. The average Bonchev–Trinajstić information content (AvgIpc) is 3.21. The molecule has 0 N–H and O–H groups in total. The Labute approximate surface area is 181 Å². The van der Waals surface area contributed by atoms with Crippen LogP contribution in [0.15, 0.2) is 66.9 Å². The van der Waals surface area contributed by atoms with Crippen molar-refractivity contribution in [1.29, 1.82) is 5.26 Å². The van der Waals surface area contributed by atoms with Crippen LogP contribution in [0.25, 0.3) is 21.7 Å². The molecule has 1 aromatic heterocycles. The summed E-state index contributed by atoms with van der Waals surface area (Å²) in [6.45, 7) is 5.20. The van der Waals surface area contributed by atoms with E-state index in [1.165, 1.54) is 0 Å². The molecule has 1 aliphatic rings. The third-order valence-corrected chi connectivity index (χ3v) is 6.08. The summed E-state index contributed by atoms with van der Waals surface area (Å²) in [5.74, 6) is -0.0120. The Kier molecular flexibility index (Phi) is 5.25. The van der Waals surface area contributed by atoms with E-state index in [0.717, 1.165) is 61.1 Å². The predicted molar refractivity (Wildman–Crippen MR) is 121 cm³/mol. The molecule has 0 saturated carbocycles. The van der Waals surface area contributed by atoms with Crippen molar-refractivity contribution in [3.8, 4) is 6.07 Å². The number of hydrogen-bond acceptors (Lipinski definition) is 4. The number of nitrogens with zero attached hydrogens (tertiary/aromatic N) is 3.